The fourth-order valence-corrected chi connectivity index (χ4v) is 0.874. The summed E-state index contributed by atoms with van der Waals surface area (Å²) in [5.41, 5.74) is 0. The van der Waals surface area contributed by atoms with Crippen molar-refractivity contribution in [3.63, 3.8) is 0 Å². The Bertz CT molecular complexity index is 217. The summed E-state index contributed by atoms with van der Waals surface area (Å²) in [6, 6.07) is 0. The molecule has 0 aromatic heterocycles. The molecule has 0 aliphatic carbocycles. The lowest BCUT2D eigenvalue weighted by Gasteiger charge is -2.17. The van der Waals surface area contributed by atoms with Crippen molar-refractivity contribution in [1.29, 1.82) is 0 Å². The van der Waals surface area contributed by atoms with Crippen LogP contribution in [0, 0.1) is 24.1 Å². The molecule has 0 aromatic carbocycles. The molecule has 0 N–H and O–H groups in total. The highest BCUT2D eigenvalue weighted by Gasteiger charge is 2.02. The molecule has 3 nitrogen and oxygen atoms in total. The summed E-state index contributed by atoms with van der Waals surface area (Å²) in [6.45, 7) is 7.41. The van der Waals surface area contributed by atoms with Gasteiger partial charge in [-0.1, -0.05) is 18.8 Å². The molecule has 0 spiro atoms. The first-order valence-electron chi connectivity index (χ1n) is 4.64. The second kappa shape index (κ2) is 9.77. The number of ether oxygens (including phenoxy) is 2. The highest BCUT2D eigenvalue weighted by molar-refractivity contribution is 4.86. The monoisotopic (exact) mass is 195 g/mol. The molecule has 3 heteroatoms. The van der Waals surface area contributed by atoms with Crippen LogP contribution in [0.15, 0.2) is 0 Å². The van der Waals surface area contributed by atoms with Gasteiger partial charge >= 0.3 is 0 Å². The van der Waals surface area contributed by atoms with Gasteiger partial charge in [0, 0.05) is 20.4 Å². The zero-order valence-electron chi connectivity index (χ0n) is 9.09. The Morgan fingerprint density at radius 2 is 1.50 bits per heavy atom. The SMILES string of the molecule is CC#COCN(CCC)COC#CC. The van der Waals surface area contributed by atoms with Crippen LogP contribution in [0.4, 0.5) is 0 Å². The summed E-state index contributed by atoms with van der Waals surface area (Å²) in [6.07, 6.45) is 6.14. The predicted molar refractivity (Wildman–Crippen MR) is 55.8 cm³/mol. The molecule has 0 saturated heterocycles. The maximum atomic E-state index is 5.06. The molecule has 0 fully saturated rings. The molecular weight excluding hydrogens is 178 g/mol. The highest BCUT2D eigenvalue weighted by Crippen LogP contribution is 1.92. The quantitative estimate of drug-likeness (QED) is 0.475. The van der Waals surface area contributed by atoms with E-state index >= 15 is 0 Å². The van der Waals surface area contributed by atoms with E-state index in [2.05, 4.69) is 31.0 Å². The molecule has 0 heterocycles. The third-order valence-corrected chi connectivity index (χ3v) is 1.38. The van der Waals surface area contributed by atoms with Crippen LogP contribution in [0.25, 0.3) is 0 Å². The molecule has 0 amide bonds. The van der Waals surface area contributed by atoms with Crippen molar-refractivity contribution in [2.45, 2.75) is 27.2 Å². The van der Waals surface area contributed by atoms with Gasteiger partial charge < -0.3 is 9.47 Å². The molecule has 0 aliphatic heterocycles. The Hall–Kier alpha value is -1.32. The maximum absolute atomic E-state index is 5.06. The molecule has 0 atom stereocenters. The third-order valence-electron chi connectivity index (χ3n) is 1.38. The van der Waals surface area contributed by atoms with E-state index in [1.165, 1.54) is 0 Å². The molecular formula is C11H17NO2. The van der Waals surface area contributed by atoms with Crippen LogP contribution >= 0.6 is 0 Å². The van der Waals surface area contributed by atoms with Crippen molar-refractivity contribution in [1.82, 2.24) is 4.90 Å². The van der Waals surface area contributed by atoms with Gasteiger partial charge in [-0.15, -0.1) is 0 Å². The number of nitrogens with zero attached hydrogens (tertiary/aromatic N) is 1. The van der Waals surface area contributed by atoms with E-state index in [0.29, 0.717) is 13.5 Å². The molecule has 0 rings (SSSR count). The van der Waals surface area contributed by atoms with Crippen LogP contribution in [0.3, 0.4) is 0 Å². The van der Waals surface area contributed by atoms with Gasteiger partial charge in [-0.05, 0) is 6.42 Å². The minimum atomic E-state index is 0.458. The maximum Gasteiger partial charge on any atom is 0.156 e. The van der Waals surface area contributed by atoms with Gasteiger partial charge in [0.15, 0.2) is 13.5 Å². The summed E-state index contributed by atoms with van der Waals surface area (Å²) < 4.78 is 10.1. The van der Waals surface area contributed by atoms with Crippen molar-refractivity contribution >= 4 is 0 Å². The van der Waals surface area contributed by atoms with E-state index in [1.807, 2.05) is 4.90 Å². The summed E-state index contributed by atoms with van der Waals surface area (Å²) in [5.74, 6) is 5.33. The zero-order chi connectivity index (χ0) is 10.6. The normalized spacial score (nSPS) is 8.29. The standard InChI is InChI=1S/C11H17NO2/c1-4-7-12(10-13-8-5-2)11-14-9-6-3/h4,7,10-11H2,1-3H3. The van der Waals surface area contributed by atoms with Crippen molar-refractivity contribution in [3.05, 3.63) is 0 Å². The van der Waals surface area contributed by atoms with Crippen LogP contribution in [-0.4, -0.2) is 24.9 Å². The Balaban J connectivity index is 3.72. The lowest BCUT2D eigenvalue weighted by atomic mass is 10.4. The Kier molecular flexibility index (Phi) is 8.84. The number of rotatable bonds is 6. The average molecular weight is 195 g/mol. The minimum Gasteiger partial charge on any atom is -0.430 e. The zero-order valence-corrected chi connectivity index (χ0v) is 9.09. The smallest absolute Gasteiger partial charge is 0.156 e. The van der Waals surface area contributed by atoms with Crippen molar-refractivity contribution in [3.8, 4) is 24.1 Å². The second-order valence-electron chi connectivity index (χ2n) is 2.65. The summed E-state index contributed by atoms with van der Waals surface area (Å²) in [4.78, 5) is 1.99. The molecule has 0 bridgehead atoms. The fourth-order valence-electron chi connectivity index (χ4n) is 0.874. The van der Waals surface area contributed by atoms with Crippen LogP contribution in [0.2, 0.25) is 0 Å². The Labute approximate surface area is 86.4 Å². The van der Waals surface area contributed by atoms with E-state index < -0.39 is 0 Å². The minimum absolute atomic E-state index is 0.458. The summed E-state index contributed by atoms with van der Waals surface area (Å²) in [7, 11) is 0. The van der Waals surface area contributed by atoms with Crippen LogP contribution in [-0.2, 0) is 9.47 Å². The number of hydrogen-bond donors (Lipinski definition) is 0. The van der Waals surface area contributed by atoms with E-state index in [9.17, 15) is 0 Å². The van der Waals surface area contributed by atoms with Gasteiger partial charge in [0.1, 0.15) is 12.2 Å². The molecule has 14 heavy (non-hydrogen) atoms. The summed E-state index contributed by atoms with van der Waals surface area (Å²) >= 11 is 0. The largest absolute Gasteiger partial charge is 0.430 e. The highest BCUT2D eigenvalue weighted by atomic mass is 16.5. The van der Waals surface area contributed by atoms with E-state index in [-0.39, 0.29) is 0 Å². The van der Waals surface area contributed by atoms with Crippen molar-refractivity contribution in [2.24, 2.45) is 0 Å². The lowest BCUT2D eigenvalue weighted by molar-refractivity contribution is 0.0280. The van der Waals surface area contributed by atoms with Gasteiger partial charge in [-0.2, -0.15) is 0 Å². The first-order valence-corrected chi connectivity index (χ1v) is 4.64. The summed E-state index contributed by atoms with van der Waals surface area (Å²) in [5, 5.41) is 0. The van der Waals surface area contributed by atoms with E-state index in [0.717, 1.165) is 13.0 Å². The molecule has 0 aromatic rings. The van der Waals surface area contributed by atoms with E-state index in [1.54, 1.807) is 13.8 Å². The second-order valence-corrected chi connectivity index (χ2v) is 2.65. The van der Waals surface area contributed by atoms with Crippen LogP contribution < -0.4 is 0 Å². The Morgan fingerprint density at radius 3 is 1.86 bits per heavy atom. The van der Waals surface area contributed by atoms with Crippen LogP contribution in [0.5, 0.6) is 0 Å². The molecule has 0 radical (unpaired) electrons. The molecule has 0 aliphatic rings. The van der Waals surface area contributed by atoms with Gasteiger partial charge in [-0.3, -0.25) is 0 Å². The lowest BCUT2D eigenvalue weighted by Crippen LogP contribution is -2.28. The Morgan fingerprint density at radius 1 is 1.00 bits per heavy atom. The van der Waals surface area contributed by atoms with Gasteiger partial charge in [0.25, 0.3) is 0 Å². The number of hydrogen-bond acceptors (Lipinski definition) is 3. The third kappa shape index (κ3) is 7.34. The topological polar surface area (TPSA) is 21.7 Å². The first kappa shape index (κ1) is 12.7. The van der Waals surface area contributed by atoms with Gasteiger partial charge in [0.2, 0.25) is 0 Å². The van der Waals surface area contributed by atoms with E-state index in [4.69, 9.17) is 9.47 Å². The van der Waals surface area contributed by atoms with Crippen LogP contribution in [0.1, 0.15) is 27.2 Å². The molecule has 0 unspecified atom stereocenters. The molecule has 0 saturated carbocycles. The molecule has 78 valence electrons. The fraction of sp³-hybridized carbons (Fsp3) is 0.636. The van der Waals surface area contributed by atoms with Gasteiger partial charge in [-0.25, -0.2) is 4.90 Å². The first-order chi connectivity index (χ1) is 6.85. The van der Waals surface area contributed by atoms with Crippen molar-refractivity contribution < 1.29 is 9.47 Å². The average Bonchev–Trinajstić information content (AvgIpc) is 2.18. The van der Waals surface area contributed by atoms with Crippen molar-refractivity contribution in [2.75, 3.05) is 20.0 Å². The predicted octanol–water partition coefficient (Wildman–Crippen LogP) is 1.61. The van der Waals surface area contributed by atoms with Gasteiger partial charge in [0.05, 0.1) is 0 Å².